The predicted octanol–water partition coefficient (Wildman–Crippen LogP) is 1.80. The van der Waals surface area contributed by atoms with Crippen LogP contribution < -0.4 is 5.32 Å². The van der Waals surface area contributed by atoms with Crippen LogP contribution in [0.1, 0.15) is 33.6 Å². The van der Waals surface area contributed by atoms with Gasteiger partial charge in [0.25, 0.3) is 0 Å². The Kier molecular flexibility index (Phi) is 3.50. The van der Waals surface area contributed by atoms with Gasteiger partial charge in [0.2, 0.25) is 0 Å². The number of rotatable bonds is 1. The average Bonchev–Trinajstić information content (AvgIpc) is 2.05. The fourth-order valence-corrected chi connectivity index (χ4v) is 1.28. The lowest BCUT2D eigenvalue weighted by atomic mass is 10.0. The van der Waals surface area contributed by atoms with E-state index in [2.05, 4.69) is 5.32 Å². The molecule has 1 N–H and O–H groups in total. The molecule has 0 bridgehead atoms. The number of amides is 1. The molecule has 0 aliphatic heterocycles. The van der Waals surface area contributed by atoms with E-state index in [9.17, 15) is 9.59 Å². The summed E-state index contributed by atoms with van der Waals surface area (Å²) >= 11 is 0. The zero-order chi connectivity index (χ0) is 11.5. The minimum Gasteiger partial charge on any atom is -0.444 e. The number of carbonyl (C=O) groups is 2. The third-order valence-electron chi connectivity index (χ3n) is 1.92. The number of ketones is 1. The van der Waals surface area contributed by atoms with Crippen LogP contribution in [0.15, 0.2) is 12.2 Å². The lowest BCUT2D eigenvalue weighted by molar-refractivity contribution is -0.115. The van der Waals surface area contributed by atoms with Crippen molar-refractivity contribution in [2.45, 2.75) is 45.3 Å². The highest BCUT2D eigenvalue weighted by molar-refractivity contribution is 5.90. The number of hydrogen-bond donors (Lipinski definition) is 1. The van der Waals surface area contributed by atoms with Crippen molar-refractivity contribution < 1.29 is 14.3 Å². The highest BCUT2D eigenvalue weighted by atomic mass is 16.6. The highest BCUT2D eigenvalue weighted by Crippen LogP contribution is 2.10. The van der Waals surface area contributed by atoms with E-state index in [0.29, 0.717) is 12.8 Å². The zero-order valence-corrected chi connectivity index (χ0v) is 9.37. The third-order valence-corrected chi connectivity index (χ3v) is 1.92. The van der Waals surface area contributed by atoms with E-state index in [1.54, 1.807) is 6.08 Å². The van der Waals surface area contributed by atoms with E-state index in [-0.39, 0.29) is 11.8 Å². The summed E-state index contributed by atoms with van der Waals surface area (Å²) in [4.78, 5) is 22.2. The van der Waals surface area contributed by atoms with E-state index in [4.69, 9.17) is 4.74 Å². The predicted molar refractivity (Wildman–Crippen MR) is 56.5 cm³/mol. The summed E-state index contributed by atoms with van der Waals surface area (Å²) in [6, 6.07) is -0.0856. The van der Waals surface area contributed by atoms with E-state index in [1.807, 2.05) is 20.8 Å². The first-order valence-electron chi connectivity index (χ1n) is 5.07. The summed E-state index contributed by atoms with van der Waals surface area (Å²) in [5, 5.41) is 2.70. The first-order chi connectivity index (χ1) is 6.87. The molecular weight excluding hydrogens is 194 g/mol. The van der Waals surface area contributed by atoms with Crippen LogP contribution in [-0.2, 0) is 9.53 Å². The minimum atomic E-state index is -0.488. The maximum atomic E-state index is 11.4. The zero-order valence-electron chi connectivity index (χ0n) is 9.37. The number of carbonyl (C=O) groups excluding carboxylic acids is 2. The van der Waals surface area contributed by atoms with Crippen molar-refractivity contribution in [3.63, 3.8) is 0 Å². The van der Waals surface area contributed by atoms with Crippen molar-refractivity contribution >= 4 is 11.9 Å². The Labute approximate surface area is 89.7 Å². The second-order valence-electron chi connectivity index (χ2n) is 4.62. The van der Waals surface area contributed by atoms with E-state index < -0.39 is 11.7 Å². The van der Waals surface area contributed by atoms with Crippen LogP contribution in [0.3, 0.4) is 0 Å². The Balaban J connectivity index is 2.39. The molecule has 1 atom stereocenters. The van der Waals surface area contributed by atoms with Gasteiger partial charge in [-0.2, -0.15) is 0 Å². The Morgan fingerprint density at radius 2 is 2.20 bits per heavy atom. The summed E-state index contributed by atoms with van der Waals surface area (Å²) in [5.74, 6) is 0.109. The molecular formula is C11H17NO3. The standard InChI is InChI=1S/C11H17NO3/c1-11(2,3)15-10(14)12-8-4-6-9(13)7-5-8/h4,6,8H,5,7H2,1-3H3,(H,12,14). The summed E-state index contributed by atoms with van der Waals surface area (Å²) in [7, 11) is 0. The molecule has 1 amide bonds. The molecule has 4 nitrogen and oxygen atoms in total. The molecule has 1 aliphatic rings. The number of ether oxygens (including phenoxy) is 1. The third kappa shape index (κ3) is 4.63. The van der Waals surface area contributed by atoms with Gasteiger partial charge in [0.1, 0.15) is 5.60 Å². The van der Waals surface area contributed by atoms with Gasteiger partial charge in [-0.25, -0.2) is 4.79 Å². The fraction of sp³-hybridized carbons (Fsp3) is 0.636. The fourth-order valence-electron chi connectivity index (χ4n) is 1.28. The SMILES string of the molecule is CC(C)(C)OC(=O)NC1C=CC(=O)CC1. The van der Waals surface area contributed by atoms with Gasteiger partial charge in [-0.05, 0) is 33.3 Å². The van der Waals surface area contributed by atoms with Gasteiger partial charge < -0.3 is 10.1 Å². The monoisotopic (exact) mass is 211 g/mol. The molecule has 15 heavy (non-hydrogen) atoms. The van der Waals surface area contributed by atoms with Crippen molar-refractivity contribution in [3.8, 4) is 0 Å². The largest absolute Gasteiger partial charge is 0.444 e. The molecule has 0 spiro atoms. The second-order valence-corrected chi connectivity index (χ2v) is 4.62. The van der Waals surface area contributed by atoms with Crippen LogP contribution in [-0.4, -0.2) is 23.5 Å². The molecule has 0 saturated heterocycles. The Morgan fingerprint density at radius 3 is 2.67 bits per heavy atom. The quantitative estimate of drug-likeness (QED) is 0.719. The molecule has 0 aromatic rings. The molecule has 1 unspecified atom stereocenters. The molecule has 84 valence electrons. The van der Waals surface area contributed by atoms with Crippen LogP contribution in [0.4, 0.5) is 4.79 Å². The van der Waals surface area contributed by atoms with Gasteiger partial charge in [0, 0.05) is 6.42 Å². The van der Waals surface area contributed by atoms with Gasteiger partial charge in [-0.3, -0.25) is 4.79 Å². The van der Waals surface area contributed by atoms with Crippen LogP contribution in [0.5, 0.6) is 0 Å². The van der Waals surface area contributed by atoms with Crippen LogP contribution in [0.25, 0.3) is 0 Å². The van der Waals surface area contributed by atoms with E-state index in [1.165, 1.54) is 6.08 Å². The Hall–Kier alpha value is -1.32. The van der Waals surface area contributed by atoms with Crippen molar-refractivity contribution in [3.05, 3.63) is 12.2 Å². The van der Waals surface area contributed by atoms with Crippen LogP contribution in [0, 0.1) is 0 Å². The molecule has 0 radical (unpaired) electrons. The summed E-state index contributed by atoms with van der Waals surface area (Å²) in [5.41, 5.74) is -0.488. The normalized spacial score (nSPS) is 21.3. The van der Waals surface area contributed by atoms with Crippen LogP contribution in [0.2, 0.25) is 0 Å². The van der Waals surface area contributed by atoms with Crippen molar-refractivity contribution in [1.82, 2.24) is 5.32 Å². The number of hydrogen-bond acceptors (Lipinski definition) is 3. The Bertz CT molecular complexity index is 289. The number of allylic oxidation sites excluding steroid dienone is 1. The summed E-state index contributed by atoms with van der Waals surface area (Å²) in [6.45, 7) is 5.44. The molecule has 1 aliphatic carbocycles. The van der Waals surface area contributed by atoms with Crippen LogP contribution >= 0.6 is 0 Å². The maximum Gasteiger partial charge on any atom is 0.408 e. The molecule has 1 rings (SSSR count). The number of alkyl carbamates (subject to hydrolysis) is 1. The maximum absolute atomic E-state index is 11.4. The molecule has 0 heterocycles. The first kappa shape index (κ1) is 11.8. The first-order valence-corrected chi connectivity index (χ1v) is 5.07. The average molecular weight is 211 g/mol. The van der Waals surface area contributed by atoms with Crippen molar-refractivity contribution in [2.75, 3.05) is 0 Å². The Morgan fingerprint density at radius 1 is 1.53 bits per heavy atom. The van der Waals surface area contributed by atoms with Gasteiger partial charge >= 0.3 is 6.09 Å². The molecule has 0 fully saturated rings. The lowest BCUT2D eigenvalue weighted by Crippen LogP contribution is -2.39. The molecule has 0 aromatic carbocycles. The van der Waals surface area contributed by atoms with Gasteiger partial charge in [-0.1, -0.05) is 6.08 Å². The summed E-state index contributed by atoms with van der Waals surface area (Å²) < 4.78 is 5.10. The smallest absolute Gasteiger partial charge is 0.408 e. The van der Waals surface area contributed by atoms with Gasteiger partial charge in [-0.15, -0.1) is 0 Å². The van der Waals surface area contributed by atoms with Gasteiger partial charge in [0.15, 0.2) is 5.78 Å². The summed E-state index contributed by atoms with van der Waals surface area (Å²) in [6.07, 6.45) is 3.90. The molecule has 0 saturated carbocycles. The highest BCUT2D eigenvalue weighted by Gasteiger charge is 2.20. The van der Waals surface area contributed by atoms with E-state index >= 15 is 0 Å². The van der Waals surface area contributed by atoms with Crippen molar-refractivity contribution in [2.24, 2.45) is 0 Å². The second kappa shape index (κ2) is 4.47. The van der Waals surface area contributed by atoms with E-state index in [0.717, 1.165) is 0 Å². The van der Waals surface area contributed by atoms with Crippen molar-refractivity contribution in [1.29, 1.82) is 0 Å². The van der Waals surface area contributed by atoms with Gasteiger partial charge in [0.05, 0.1) is 6.04 Å². The topological polar surface area (TPSA) is 55.4 Å². The molecule has 0 aromatic heterocycles. The number of nitrogens with one attached hydrogen (secondary N) is 1. The molecule has 4 heteroatoms. The minimum absolute atomic E-state index is 0.0856. The lowest BCUT2D eigenvalue weighted by Gasteiger charge is -2.23.